The summed E-state index contributed by atoms with van der Waals surface area (Å²) in [6.07, 6.45) is -2.68. The molecule has 14 nitrogen and oxygen atoms in total. The average molecular weight is 594 g/mol. The van der Waals surface area contributed by atoms with Crippen molar-refractivity contribution in [3.05, 3.63) is 76.9 Å². The van der Waals surface area contributed by atoms with Crippen molar-refractivity contribution in [2.75, 3.05) is 0 Å². The molecule has 0 bridgehead atoms. The van der Waals surface area contributed by atoms with Gasteiger partial charge in [-0.15, -0.1) is 0 Å². The molecule has 2 unspecified atom stereocenters. The number of phenolic OH excluding ortho intramolecular Hbond substituents is 9. The number of esters is 2. The molecule has 1 aliphatic rings. The zero-order valence-electron chi connectivity index (χ0n) is 21.6. The molecule has 0 aromatic heterocycles. The fraction of sp³-hybridized carbons (Fsp3) is 0.103. The van der Waals surface area contributed by atoms with E-state index in [1.807, 2.05) is 0 Å². The van der Waals surface area contributed by atoms with Crippen LogP contribution >= 0.6 is 0 Å². The van der Waals surface area contributed by atoms with Gasteiger partial charge in [-0.3, -0.25) is 0 Å². The molecule has 9 N–H and O–H groups in total. The van der Waals surface area contributed by atoms with Crippen LogP contribution in [0.4, 0.5) is 0 Å². The Labute approximate surface area is 240 Å². The molecule has 222 valence electrons. The van der Waals surface area contributed by atoms with Crippen LogP contribution in [0.1, 0.15) is 37.9 Å². The molecule has 1 heterocycles. The zero-order chi connectivity index (χ0) is 31.2. The molecule has 43 heavy (non-hydrogen) atoms. The van der Waals surface area contributed by atoms with Crippen molar-refractivity contribution < 1.29 is 69.8 Å². The minimum Gasteiger partial charge on any atom is -0.508 e. The van der Waals surface area contributed by atoms with Crippen molar-refractivity contribution in [1.29, 1.82) is 0 Å². The first kappa shape index (κ1) is 28.4. The smallest absolute Gasteiger partial charge is 0.343 e. The molecule has 4 aromatic carbocycles. The van der Waals surface area contributed by atoms with E-state index in [9.17, 15) is 55.5 Å². The molecule has 2 atom stereocenters. The zero-order valence-corrected chi connectivity index (χ0v) is 21.6. The predicted molar refractivity (Wildman–Crippen MR) is 142 cm³/mol. The standard InChI is InChI=1S/C29H22O14/c30-14-8-22-15(23(9-14)42-28(39)12-4-18(33)25(37)19(34)5-12)10-24(27(41-22)11-1-2-16(31)17(32)3-11)43-29(40)13-6-20(35)26(38)21(36)7-13/h1-9,24,27,30-38H,10H2. The van der Waals surface area contributed by atoms with Crippen LogP contribution in [-0.4, -0.2) is 64.0 Å². The SMILES string of the molecule is O=C(Oc1cc(O)cc2c1CC(OC(=O)c1cc(O)c(O)c(O)c1)C(c1ccc(O)c(O)c1)O2)c1cc(O)c(O)c(O)c1. The van der Waals surface area contributed by atoms with Crippen molar-refractivity contribution in [1.82, 2.24) is 0 Å². The van der Waals surface area contributed by atoms with Crippen LogP contribution in [0.2, 0.25) is 0 Å². The third-order valence-electron chi connectivity index (χ3n) is 6.55. The summed E-state index contributed by atoms with van der Waals surface area (Å²) in [5, 5.41) is 88.5. The summed E-state index contributed by atoms with van der Waals surface area (Å²) in [4.78, 5) is 25.9. The second-order valence-electron chi connectivity index (χ2n) is 9.47. The summed E-state index contributed by atoms with van der Waals surface area (Å²) < 4.78 is 17.0. The van der Waals surface area contributed by atoms with E-state index in [0.717, 1.165) is 42.5 Å². The third-order valence-corrected chi connectivity index (χ3v) is 6.55. The maximum atomic E-state index is 13.1. The van der Waals surface area contributed by atoms with Gasteiger partial charge in [0.1, 0.15) is 23.4 Å². The van der Waals surface area contributed by atoms with Gasteiger partial charge in [-0.1, -0.05) is 6.07 Å². The lowest BCUT2D eigenvalue weighted by molar-refractivity contribution is -0.0189. The van der Waals surface area contributed by atoms with E-state index in [1.54, 1.807) is 0 Å². The molecule has 0 saturated carbocycles. The topological polar surface area (TPSA) is 244 Å². The molecule has 0 aliphatic carbocycles. The number of phenols is 9. The minimum absolute atomic E-state index is 0.0241. The maximum Gasteiger partial charge on any atom is 0.343 e. The van der Waals surface area contributed by atoms with E-state index in [-0.39, 0.29) is 40.2 Å². The normalized spacial score (nSPS) is 15.6. The summed E-state index contributed by atoms with van der Waals surface area (Å²) >= 11 is 0. The van der Waals surface area contributed by atoms with Gasteiger partial charge in [0.15, 0.2) is 52.1 Å². The number of hydrogen-bond acceptors (Lipinski definition) is 14. The lowest BCUT2D eigenvalue weighted by Gasteiger charge is -2.34. The van der Waals surface area contributed by atoms with Crippen LogP contribution in [0.25, 0.3) is 0 Å². The minimum atomic E-state index is -1.26. The Balaban J connectivity index is 1.53. The van der Waals surface area contributed by atoms with E-state index in [0.29, 0.717) is 0 Å². The number of hydrogen-bond donors (Lipinski definition) is 9. The number of aromatic hydroxyl groups is 9. The Morgan fingerprint density at radius 2 is 1.21 bits per heavy atom. The van der Waals surface area contributed by atoms with Crippen LogP contribution in [0.3, 0.4) is 0 Å². The summed E-state index contributed by atoms with van der Waals surface area (Å²) in [6.45, 7) is 0. The first-order valence-electron chi connectivity index (χ1n) is 12.3. The highest BCUT2D eigenvalue weighted by molar-refractivity contribution is 5.93. The lowest BCUT2D eigenvalue weighted by Crippen LogP contribution is -2.35. The Kier molecular flexibility index (Phi) is 7.03. The summed E-state index contributed by atoms with van der Waals surface area (Å²) in [5.74, 6) is -8.76. The van der Waals surface area contributed by atoms with Gasteiger partial charge in [0.05, 0.1) is 11.1 Å². The van der Waals surface area contributed by atoms with Crippen LogP contribution in [0.5, 0.6) is 63.2 Å². The quantitative estimate of drug-likeness (QED) is 0.0916. The van der Waals surface area contributed by atoms with Gasteiger partial charge < -0.3 is 60.2 Å². The molecule has 0 saturated heterocycles. The monoisotopic (exact) mass is 594 g/mol. The molecular formula is C29H22O14. The molecule has 5 rings (SSSR count). The summed E-state index contributed by atoms with van der Waals surface area (Å²) in [6, 6.07) is 9.31. The molecule has 0 radical (unpaired) electrons. The number of benzene rings is 4. The highest BCUT2D eigenvalue weighted by atomic mass is 16.6. The highest BCUT2D eigenvalue weighted by Gasteiger charge is 2.38. The van der Waals surface area contributed by atoms with Gasteiger partial charge in [0.25, 0.3) is 0 Å². The molecule has 0 amide bonds. The van der Waals surface area contributed by atoms with Crippen molar-refractivity contribution in [3.63, 3.8) is 0 Å². The molecule has 1 aliphatic heterocycles. The summed E-state index contributed by atoms with van der Waals surface area (Å²) in [7, 11) is 0. The Morgan fingerprint density at radius 3 is 1.77 bits per heavy atom. The Morgan fingerprint density at radius 1 is 0.651 bits per heavy atom. The number of carbonyl (C=O) groups is 2. The van der Waals surface area contributed by atoms with Crippen molar-refractivity contribution in [3.8, 4) is 63.2 Å². The predicted octanol–water partition coefficient (Wildman–Crippen LogP) is 3.16. The van der Waals surface area contributed by atoms with Crippen LogP contribution in [-0.2, 0) is 11.2 Å². The Bertz CT molecular complexity index is 1730. The van der Waals surface area contributed by atoms with Gasteiger partial charge >= 0.3 is 11.9 Å². The number of carbonyl (C=O) groups excluding carboxylic acids is 2. The second-order valence-corrected chi connectivity index (χ2v) is 9.47. The van der Waals surface area contributed by atoms with E-state index in [1.165, 1.54) is 12.1 Å². The molecule has 4 aromatic rings. The maximum absolute atomic E-state index is 13.1. The van der Waals surface area contributed by atoms with Gasteiger partial charge in [0.2, 0.25) is 0 Å². The van der Waals surface area contributed by atoms with Crippen molar-refractivity contribution in [2.24, 2.45) is 0 Å². The molecular weight excluding hydrogens is 572 g/mol. The lowest BCUT2D eigenvalue weighted by atomic mass is 9.93. The molecule has 0 fully saturated rings. The van der Waals surface area contributed by atoms with E-state index in [4.69, 9.17) is 14.2 Å². The van der Waals surface area contributed by atoms with Gasteiger partial charge in [-0.05, 0) is 36.4 Å². The second kappa shape index (κ2) is 10.7. The molecule has 14 heteroatoms. The van der Waals surface area contributed by atoms with E-state index in [2.05, 4.69) is 0 Å². The van der Waals surface area contributed by atoms with Crippen LogP contribution in [0.15, 0.2) is 54.6 Å². The van der Waals surface area contributed by atoms with Gasteiger partial charge in [-0.25, -0.2) is 9.59 Å². The van der Waals surface area contributed by atoms with Gasteiger partial charge in [-0.2, -0.15) is 0 Å². The molecule has 0 spiro atoms. The van der Waals surface area contributed by atoms with E-state index < -0.39 is 75.9 Å². The van der Waals surface area contributed by atoms with Crippen molar-refractivity contribution >= 4 is 11.9 Å². The number of rotatable bonds is 5. The average Bonchev–Trinajstić information content (AvgIpc) is 2.95. The third kappa shape index (κ3) is 5.44. The number of ether oxygens (including phenoxy) is 3. The highest BCUT2D eigenvalue weighted by Crippen LogP contribution is 2.45. The van der Waals surface area contributed by atoms with Crippen molar-refractivity contribution in [2.45, 2.75) is 18.6 Å². The van der Waals surface area contributed by atoms with E-state index >= 15 is 0 Å². The van der Waals surface area contributed by atoms with Crippen LogP contribution < -0.4 is 9.47 Å². The first-order chi connectivity index (χ1) is 20.3. The Hall–Kier alpha value is -6.18. The van der Waals surface area contributed by atoms with Gasteiger partial charge in [0, 0.05) is 29.7 Å². The van der Waals surface area contributed by atoms with Crippen LogP contribution in [0, 0.1) is 0 Å². The number of fused-ring (bicyclic) bond motifs is 1. The largest absolute Gasteiger partial charge is 0.508 e. The first-order valence-corrected chi connectivity index (χ1v) is 12.3. The fourth-order valence-corrected chi connectivity index (χ4v) is 4.44. The summed E-state index contributed by atoms with van der Waals surface area (Å²) in [5.41, 5.74) is -0.386. The fourth-order valence-electron chi connectivity index (χ4n) is 4.44.